The summed E-state index contributed by atoms with van der Waals surface area (Å²) in [5, 5.41) is 6.68. The quantitative estimate of drug-likeness (QED) is 0.821. The van der Waals surface area contributed by atoms with Gasteiger partial charge in [-0.15, -0.1) is 0 Å². The number of hydrogen-bond donors (Lipinski definition) is 2. The van der Waals surface area contributed by atoms with Crippen molar-refractivity contribution in [1.82, 2.24) is 5.32 Å². The first-order valence-electron chi connectivity index (χ1n) is 6.13. The molecule has 0 aliphatic carbocycles. The highest BCUT2D eigenvalue weighted by Crippen LogP contribution is 2.32. The number of hydrogen-bond acceptors (Lipinski definition) is 3. The van der Waals surface area contributed by atoms with E-state index in [4.69, 9.17) is 4.74 Å². The van der Waals surface area contributed by atoms with Crippen molar-refractivity contribution in [3.05, 3.63) is 30.1 Å². The number of halogens is 1. The Morgan fingerprint density at radius 2 is 2.41 bits per heavy atom. The maximum Gasteiger partial charge on any atom is 0.125 e. The summed E-state index contributed by atoms with van der Waals surface area (Å²) in [6.45, 7) is 2.68. The molecule has 1 spiro atoms. The van der Waals surface area contributed by atoms with Gasteiger partial charge in [0.2, 0.25) is 0 Å². The zero-order chi connectivity index (χ0) is 11.7. The van der Waals surface area contributed by atoms with Crippen LogP contribution in [-0.4, -0.2) is 31.3 Å². The van der Waals surface area contributed by atoms with Crippen molar-refractivity contribution in [2.45, 2.75) is 24.5 Å². The Morgan fingerprint density at radius 3 is 3.18 bits per heavy atom. The predicted octanol–water partition coefficient (Wildman–Crippen LogP) is 1.76. The monoisotopic (exact) mass is 236 g/mol. The molecule has 1 aromatic carbocycles. The van der Waals surface area contributed by atoms with Gasteiger partial charge in [0.15, 0.2) is 0 Å². The fourth-order valence-electron chi connectivity index (χ4n) is 2.77. The minimum absolute atomic E-state index is 0.0188. The van der Waals surface area contributed by atoms with Crippen LogP contribution in [0.2, 0.25) is 0 Å². The molecule has 2 aliphatic rings. The van der Waals surface area contributed by atoms with Gasteiger partial charge in [-0.05, 0) is 31.2 Å². The second-order valence-electron chi connectivity index (χ2n) is 4.98. The van der Waals surface area contributed by atoms with Crippen LogP contribution in [0.1, 0.15) is 12.8 Å². The fraction of sp³-hybridized carbons (Fsp3) is 0.538. The summed E-state index contributed by atoms with van der Waals surface area (Å²) in [5.74, 6) is -0.203. The van der Waals surface area contributed by atoms with E-state index in [9.17, 15) is 4.39 Å². The highest BCUT2D eigenvalue weighted by molar-refractivity contribution is 5.44. The summed E-state index contributed by atoms with van der Waals surface area (Å²) in [4.78, 5) is 0. The van der Waals surface area contributed by atoms with Crippen molar-refractivity contribution in [3.8, 4) is 0 Å². The van der Waals surface area contributed by atoms with Crippen molar-refractivity contribution >= 4 is 5.69 Å². The minimum Gasteiger partial charge on any atom is -0.380 e. The summed E-state index contributed by atoms with van der Waals surface area (Å²) in [6, 6.07) is 6.88. The van der Waals surface area contributed by atoms with Crippen LogP contribution in [0.3, 0.4) is 0 Å². The van der Waals surface area contributed by atoms with Crippen LogP contribution in [0.4, 0.5) is 10.1 Å². The molecule has 0 unspecified atom stereocenters. The Balaban J connectivity index is 1.64. The van der Waals surface area contributed by atoms with Crippen LogP contribution in [0.15, 0.2) is 24.3 Å². The van der Waals surface area contributed by atoms with E-state index in [1.165, 1.54) is 12.1 Å². The van der Waals surface area contributed by atoms with Crippen LogP contribution >= 0.6 is 0 Å². The first kappa shape index (κ1) is 11.0. The highest BCUT2D eigenvalue weighted by Gasteiger charge is 2.42. The van der Waals surface area contributed by atoms with Gasteiger partial charge in [0.1, 0.15) is 5.82 Å². The maximum absolute atomic E-state index is 13.1. The van der Waals surface area contributed by atoms with Gasteiger partial charge in [-0.2, -0.15) is 0 Å². The van der Waals surface area contributed by atoms with Gasteiger partial charge in [-0.3, -0.25) is 0 Å². The third-order valence-electron chi connectivity index (χ3n) is 3.61. The van der Waals surface area contributed by atoms with Crippen LogP contribution in [0.5, 0.6) is 0 Å². The van der Waals surface area contributed by atoms with Crippen LogP contribution in [0.25, 0.3) is 0 Å². The molecule has 3 rings (SSSR count). The molecule has 2 saturated heterocycles. The second kappa shape index (κ2) is 4.27. The zero-order valence-electron chi connectivity index (χ0n) is 9.71. The lowest BCUT2D eigenvalue weighted by molar-refractivity contribution is 0.0214. The topological polar surface area (TPSA) is 33.3 Å². The van der Waals surface area contributed by atoms with Crippen LogP contribution in [0, 0.1) is 5.82 Å². The molecule has 17 heavy (non-hydrogen) atoms. The maximum atomic E-state index is 13.1. The van der Waals surface area contributed by atoms with Gasteiger partial charge in [0.25, 0.3) is 0 Å². The van der Waals surface area contributed by atoms with E-state index in [0.717, 1.165) is 31.6 Å². The van der Waals surface area contributed by atoms with Crippen molar-refractivity contribution < 1.29 is 9.13 Å². The molecule has 2 fully saturated rings. The fourth-order valence-corrected chi connectivity index (χ4v) is 2.77. The Hall–Kier alpha value is -1.13. The molecule has 0 saturated carbocycles. The van der Waals surface area contributed by atoms with E-state index in [0.29, 0.717) is 6.61 Å². The minimum atomic E-state index is -0.203. The lowest BCUT2D eigenvalue weighted by Gasteiger charge is -2.20. The van der Waals surface area contributed by atoms with E-state index < -0.39 is 0 Å². The molecule has 92 valence electrons. The highest BCUT2D eigenvalue weighted by atomic mass is 19.1. The summed E-state index contributed by atoms with van der Waals surface area (Å²) >= 11 is 0. The molecule has 0 aromatic heterocycles. The number of rotatable bonds is 2. The summed E-state index contributed by atoms with van der Waals surface area (Å²) in [6.07, 6.45) is 2.07. The van der Waals surface area contributed by atoms with Gasteiger partial charge in [0, 0.05) is 18.7 Å². The summed E-state index contributed by atoms with van der Waals surface area (Å²) in [7, 11) is 0. The Morgan fingerprint density at radius 1 is 1.47 bits per heavy atom. The van der Waals surface area contributed by atoms with E-state index in [1.54, 1.807) is 6.07 Å². The normalized spacial score (nSPS) is 32.2. The number of anilines is 1. The Bertz CT molecular complexity index is 404. The largest absolute Gasteiger partial charge is 0.380 e. The van der Waals surface area contributed by atoms with Gasteiger partial charge < -0.3 is 15.4 Å². The molecule has 4 heteroatoms. The van der Waals surface area contributed by atoms with Crippen LogP contribution < -0.4 is 10.6 Å². The molecule has 0 radical (unpaired) electrons. The standard InChI is InChI=1S/C13H17FN2O/c14-10-2-1-3-11(6-10)16-12-7-13(17-8-12)4-5-15-9-13/h1-3,6,12,15-16H,4-5,7-9H2/t12-,13+/m1/s1. The lowest BCUT2D eigenvalue weighted by atomic mass is 9.97. The first-order valence-corrected chi connectivity index (χ1v) is 6.13. The van der Waals surface area contributed by atoms with Crippen molar-refractivity contribution in [2.24, 2.45) is 0 Å². The van der Waals surface area contributed by atoms with Gasteiger partial charge in [-0.1, -0.05) is 6.07 Å². The zero-order valence-corrected chi connectivity index (χ0v) is 9.71. The average molecular weight is 236 g/mol. The smallest absolute Gasteiger partial charge is 0.125 e. The van der Waals surface area contributed by atoms with Crippen LogP contribution in [-0.2, 0) is 4.74 Å². The summed E-state index contributed by atoms with van der Waals surface area (Å²) < 4.78 is 19.0. The Kier molecular flexibility index (Phi) is 2.76. The number of nitrogens with one attached hydrogen (secondary N) is 2. The second-order valence-corrected chi connectivity index (χ2v) is 4.98. The van der Waals surface area contributed by atoms with E-state index in [2.05, 4.69) is 10.6 Å². The molecule has 0 bridgehead atoms. The van der Waals surface area contributed by atoms with Crippen molar-refractivity contribution in [2.75, 3.05) is 25.0 Å². The van der Waals surface area contributed by atoms with E-state index in [-0.39, 0.29) is 17.5 Å². The number of benzene rings is 1. The predicted molar refractivity (Wildman–Crippen MR) is 64.6 cm³/mol. The number of ether oxygens (including phenoxy) is 1. The van der Waals surface area contributed by atoms with Crippen molar-refractivity contribution in [3.63, 3.8) is 0 Å². The molecular formula is C13H17FN2O. The van der Waals surface area contributed by atoms with E-state index in [1.807, 2.05) is 6.07 Å². The summed E-state index contributed by atoms with van der Waals surface area (Å²) in [5.41, 5.74) is 0.854. The van der Waals surface area contributed by atoms with Gasteiger partial charge >= 0.3 is 0 Å². The Labute approximate surface area is 100 Å². The average Bonchev–Trinajstić information content (AvgIpc) is 2.90. The molecule has 2 N–H and O–H groups in total. The molecule has 3 nitrogen and oxygen atoms in total. The molecule has 2 aliphatic heterocycles. The molecule has 2 heterocycles. The molecule has 1 aromatic rings. The van der Waals surface area contributed by atoms with E-state index >= 15 is 0 Å². The molecule has 0 amide bonds. The van der Waals surface area contributed by atoms with Gasteiger partial charge in [-0.25, -0.2) is 4.39 Å². The lowest BCUT2D eigenvalue weighted by Crippen LogP contribution is -2.31. The van der Waals surface area contributed by atoms with Gasteiger partial charge in [0.05, 0.1) is 18.2 Å². The third-order valence-corrected chi connectivity index (χ3v) is 3.61. The molecule has 2 atom stereocenters. The molecular weight excluding hydrogens is 219 g/mol. The third kappa shape index (κ3) is 2.28. The van der Waals surface area contributed by atoms with Crippen molar-refractivity contribution in [1.29, 1.82) is 0 Å². The first-order chi connectivity index (χ1) is 8.26. The SMILES string of the molecule is Fc1cccc(N[C@H]2CO[C@@]3(CCNC3)C2)c1.